The number of rotatable bonds is 9. The van der Waals surface area contributed by atoms with E-state index in [0.717, 1.165) is 0 Å². The zero-order valence-corrected chi connectivity index (χ0v) is 9.64. The highest BCUT2D eigenvalue weighted by Crippen LogP contribution is 2.35. The highest BCUT2D eigenvalue weighted by Gasteiger charge is 2.12. The minimum atomic E-state index is -3.87. The Bertz CT molecular complexity index is 189. The first kappa shape index (κ1) is 15.0. The maximum Gasteiger partial charge on any atom is 0.325 e. The molecule has 0 fully saturated rings. The summed E-state index contributed by atoms with van der Waals surface area (Å²) in [6, 6.07) is 0. The van der Waals surface area contributed by atoms with E-state index >= 15 is 0 Å². The lowest BCUT2D eigenvalue weighted by atomic mass is 10.3. The third kappa shape index (κ3) is 10.3. The van der Waals surface area contributed by atoms with Crippen LogP contribution < -0.4 is 0 Å². The Balaban J connectivity index is 3.57. The van der Waals surface area contributed by atoms with Crippen molar-refractivity contribution in [3.63, 3.8) is 0 Å². The van der Waals surface area contributed by atoms with Gasteiger partial charge in [-0.25, -0.2) is 0 Å². The van der Waals surface area contributed by atoms with Crippen LogP contribution in [0.25, 0.3) is 0 Å². The van der Waals surface area contributed by atoms with Crippen molar-refractivity contribution in [3.8, 4) is 0 Å². The smallest absolute Gasteiger partial charge is 0.325 e. The minimum Gasteiger partial charge on any atom is -0.395 e. The molecule has 4 N–H and O–H groups in total. The lowest BCUT2D eigenvalue weighted by Gasteiger charge is -2.19. The van der Waals surface area contributed by atoms with Gasteiger partial charge < -0.3 is 20.0 Å². The Labute approximate surface area is 89.7 Å². The summed E-state index contributed by atoms with van der Waals surface area (Å²) in [5, 5.41) is 17.4. The number of hydrogen-bond acceptors (Lipinski definition) is 4. The summed E-state index contributed by atoms with van der Waals surface area (Å²) in [6.45, 7) is 1.66. The molecule has 0 aliphatic carbocycles. The monoisotopic (exact) mass is 241 g/mol. The van der Waals surface area contributed by atoms with E-state index in [1.54, 1.807) is 0 Å². The zero-order valence-electron chi connectivity index (χ0n) is 8.75. The van der Waals surface area contributed by atoms with Crippen molar-refractivity contribution in [3.05, 3.63) is 0 Å². The van der Waals surface area contributed by atoms with Gasteiger partial charge in [-0.15, -0.1) is 0 Å². The van der Waals surface area contributed by atoms with Crippen molar-refractivity contribution >= 4 is 7.60 Å². The van der Waals surface area contributed by atoms with Crippen molar-refractivity contribution in [2.24, 2.45) is 0 Å². The standard InChI is InChI=1S/C8H20NO5P/c10-6-4-9(5-7-11)3-1-2-8-15(12,13)14/h10-11H,1-8H2,(H2,12,13,14). The molecule has 0 atom stereocenters. The minimum absolute atomic E-state index is 0.0263. The molecule has 0 saturated carbocycles. The molecule has 0 heterocycles. The number of aliphatic hydroxyl groups excluding tert-OH is 2. The molecule has 0 amide bonds. The van der Waals surface area contributed by atoms with Crippen LogP contribution in [0.1, 0.15) is 12.8 Å². The average Bonchev–Trinajstić information content (AvgIpc) is 2.11. The second-order valence-electron chi connectivity index (χ2n) is 3.38. The molecule has 0 bridgehead atoms. The van der Waals surface area contributed by atoms with Gasteiger partial charge in [-0.2, -0.15) is 0 Å². The molecular weight excluding hydrogens is 221 g/mol. The lowest BCUT2D eigenvalue weighted by Crippen LogP contribution is -2.30. The summed E-state index contributed by atoms with van der Waals surface area (Å²) in [7, 11) is -3.87. The third-order valence-electron chi connectivity index (χ3n) is 2.01. The van der Waals surface area contributed by atoms with E-state index in [4.69, 9.17) is 20.0 Å². The molecule has 0 unspecified atom stereocenters. The second-order valence-corrected chi connectivity index (χ2v) is 5.16. The van der Waals surface area contributed by atoms with Gasteiger partial charge in [-0.1, -0.05) is 0 Å². The van der Waals surface area contributed by atoms with Gasteiger partial charge in [0.05, 0.1) is 13.2 Å². The highest BCUT2D eigenvalue weighted by molar-refractivity contribution is 7.51. The quantitative estimate of drug-likeness (QED) is 0.312. The first-order valence-electron chi connectivity index (χ1n) is 4.98. The highest BCUT2D eigenvalue weighted by atomic mass is 31.2. The van der Waals surface area contributed by atoms with Gasteiger partial charge in [0.25, 0.3) is 0 Å². The summed E-state index contributed by atoms with van der Waals surface area (Å²) in [5.41, 5.74) is 0. The van der Waals surface area contributed by atoms with Gasteiger partial charge in [0, 0.05) is 19.3 Å². The predicted octanol–water partition coefficient (Wildman–Crippen LogP) is -0.769. The van der Waals surface area contributed by atoms with Crippen LogP contribution >= 0.6 is 7.60 Å². The van der Waals surface area contributed by atoms with Gasteiger partial charge >= 0.3 is 7.60 Å². The van der Waals surface area contributed by atoms with Crippen molar-refractivity contribution in [2.75, 3.05) is 39.0 Å². The zero-order chi connectivity index (χ0) is 11.7. The van der Waals surface area contributed by atoms with Gasteiger partial charge in [-0.05, 0) is 19.4 Å². The van der Waals surface area contributed by atoms with Crippen LogP contribution in [-0.4, -0.2) is 63.9 Å². The molecule has 0 saturated heterocycles. The van der Waals surface area contributed by atoms with E-state index in [-0.39, 0.29) is 19.4 Å². The van der Waals surface area contributed by atoms with Gasteiger partial charge in [0.2, 0.25) is 0 Å². The molecule has 0 aromatic rings. The Morgan fingerprint density at radius 3 is 1.87 bits per heavy atom. The van der Waals surface area contributed by atoms with Crippen LogP contribution in [0.3, 0.4) is 0 Å². The van der Waals surface area contributed by atoms with Gasteiger partial charge in [0.1, 0.15) is 0 Å². The molecule has 92 valence electrons. The third-order valence-corrected chi connectivity index (χ3v) is 2.91. The Morgan fingerprint density at radius 2 is 1.47 bits per heavy atom. The summed E-state index contributed by atoms with van der Waals surface area (Å²) >= 11 is 0. The molecule has 0 spiro atoms. The Morgan fingerprint density at radius 1 is 0.933 bits per heavy atom. The molecule has 0 aliphatic rings. The van der Waals surface area contributed by atoms with Gasteiger partial charge in [-0.3, -0.25) is 9.46 Å². The number of hydrogen-bond donors (Lipinski definition) is 4. The summed E-state index contributed by atoms with van der Waals surface area (Å²) in [4.78, 5) is 19.1. The molecule has 0 rings (SSSR count). The van der Waals surface area contributed by atoms with Gasteiger partial charge in [0.15, 0.2) is 0 Å². The maximum atomic E-state index is 10.5. The van der Waals surface area contributed by atoms with Crippen LogP contribution in [-0.2, 0) is 4.57 Å². The summed E-state index contributed by atoms with van der Waals surface area (Å²) in [5.74, 6) is 0. The normalized spacial score (nSPS) is 12.3. The molecule has 7 heteroatoms. The maximum absolute atomic E-state index is 10.5. The van der Waals surface area contributed by atoms with Crippen LogP contribution in [0.2, 0.25) is 0 Å². The summed E-state index contributed by atoms with van der Waals surface area (Å²) < 4.78 is 10.5. The molecule has 15 heavy (non-hydrogen) atoms. The fraction of sp³-hybridized carbons (Fsp3) is 1.00. The number of nitrogens with zero attached hydrogens (tertiary/aromatic N) is 1. The second kappa shape index (κ2) is 8.21. The molecule has 6 nitrogen and oxygen atoms in total. The van der Waals surface area contributed by atoms with Crippen molar-refractivity contribution < 1.29 is 24.6 Å². The van der Waals surface area contributed by atoms with E-state index in [1.165, 1.54) is 0 Å². The topological polar surface area (TPSA) is 101 Å². The first-order valence-corrected chi connectivity index (χ1v) is 6.78. The summed E-state index contributed by atoms with van der Waals surface area (Å²) in [6.07, 6.45) is 1.02. The molecule has 0 radical (unpaired) electrons. The SMILES string of the molecule is O=P(O)(O)CCCCN(CCO)CCO. The van der Waals surface area contributed by atoms with E-state index in [1.807, 2.05) is 4.90 Å². The molecule has 0 aromatic heterocycles. The fourth-order valence-electron chi connectivity index (χ4n) is 1.27. The number of aliphatic hydroxyl groups is 2. The van der Waals surface area contributed by atoms with Crippen molar-refractivity contribution in [1.29, 1.82) is 0 Å². The van der Waals surface area contributed by atoms with E-state index < -0.39 is 7.60 Å². The largest absolute Gasteiger partial charge is 0.395 e. The Hall–Kier alpha value is 0.0300. The van der Waals surface area contributed by atoms with Crippen LogP contribution in [0.15, 0.2) is 0 Å². The van der Waals surface area contributed by atoms with Crippen LogP contribution in [0, 0.1) is 0 Å². The first-order chi connectivity index (χ1) is 6.99. The van der Waals surface area contributed by atoms with Crippen LogP contribution in [0.5, 0.6) is 0 Å². The van der Waals surface area contributed by atoms with E-state index in [0.29, 0.717) is 32.5 Å². The molecule has 0 aromatic carbocycles. The van der Waals surface area contributed by atoms with E-state index in [2.05, 4.69) is 0 Å². The number of unbranched alkanes of at least 4 members (excludes halogenated alkanes) is 1. The fourth-order valence-corrected chi connectivity index (χ4v) is 1.91. The Kier molecular flexibility index (Phi) is 8.23. The van der Waals surface area contributed by atoms with Crippen LogP contribution in [0.4, 0.5) is 0 Å². The van der Waals surface area contributed by atoms with Crippen molar-refractivity contribution in [1.82, 2.24) is 4.90 Å². The molecule has 0 aliphatic heterocycles. The van der Waals surface area contributed by atoms with Crippen molar-refractivity contribution in [2.45, 2.75) is 12.8 Å². The lowest BCUT2D eigenvalue weighted by molar-refractivity contribution is 0.159. The average molecular weight is 241 g/mol. The van der Waals surface area contributed by atoms with E-state index in [9.17, 15) is 4.57 Å². The molecular formula is C8H20NO5P. The predicted molar refractivity (Wildman–Crippen MR) is 56.8 cm³/mol.